The van der Waals surface area contributed by atoms with Crippen LogP contribution in [0, 0.1) is 17.7 Å². The predicted octanol–water partition coefficient (Wildman–Crippen LogP) is 4.06. The number of carbonyl (C=O) groups excluding carboxylic acids is 1. The summed E-state index contributed by atoms with van der Waals surface area (Å²) in [4.78, 5) is 22.8. The smallest absolute Gasteiger partial charge is 0.303 e. The van der Waals surface area contributed by atoms with E-state index < -0.39 is 11.8 Å². The molecule has 2 aromatic rings. The third-order valence-corrected chi connectivity index (χ3v) is 4.24. The number of carboxylic acids is 1. The number of ether oxygens (including phenoxy) is 1. The summed E-state index contributed by atoms with van der Waals surface area (Å²) in [5, 5.41) is 11.5. The number of para-hydroxylation sites is 1. The Morgan fingerprint density at radius 3 is 2.64 bits per heavy atom. The number of benzene rings is 2. The van der Waals surface area contributed by atoms with Crippen molar-refractivity contribution in [3.63, 3.8) is 0 Å². The normalized spacial score (nSPS) is 18.9. The molecule has 1 fully saturated rings. The van der Waals surface area contributed by atoms with Gasteiger partial charge >= 0.3 is 5.97 Å². The van der Waals surface area contributed by atoms with Crippen molar-refractivity contribution in [1.82, 2.24) is 0 Å². The lowest BCUT2D eigenvalue weighted by molar-refractivity contribution is -0.140. The molecule has 1 aliphatic carbocycles. The molecule has 0 radical (unpaired) electrons. The zero-order chi connectivity index (χ0) is 17.8. The van der Waals surface area contributed by atoms with Gasteiger partial charge in [0.1, 0.15) is 5.75 Å². The molecule has 0 spiro atoms. The van der Waals surface area contributed by atoms with Gasteiger partial charge in [0.15, 0.2) is 11.6 Å². The van der Waals surface area contributed by atoms with Crippen LogP contribution in [0.25, 0.3) is 0 Å². The van der Waals surface area contributed by atoms with E-state index in [1.54, 1.807) is 36.4 Å². The van der Waals surface area contributed by atoms with Crippen molar-refractivity contribution >= 4 is 17.6 Å². The van der Waals surface area contributed by atoms with Crippen molar-refractivity contribution in [2.45, 2.75) is 19.3 Å². The number of aliphatic carboxylic acids is 1. The van der Waals surface area contributed by atoms with Crippen LogP contribution in [0.15, 0.2) is 48.5 Å². The first-order valence-electron chi connectivity index (χ1n) is 8.06. The zero-order valence-electron chi connectivity index (χ0n) is 13.4. The number of rotatable bonds is 6. The summed E-state index contributed by atoms with van der Waals surface area (Å²) in [6.07, 6.45) is 1.28. The van der Waals surface area contributed by atoms with Crippen LogP contribution < -0.4 is 10.1 Å². The lowest BCUT2D eigenvalue weighted by Gasteiger charge is -2.33. The number of carbonyl (C=O) groups is 2. The van der Waals surface area contributed by atoms with E-state index in [9.17, 15) is 14.0 Å². The van der Waals surface area contributed by atoms with Gasteiger partial charge in [0.2, 0.25) is 5.91 Å². The van der Waals surface area contributed by atoms with E-state index in [1.165, 1.54) is 12.1 Å². The average Bonchev–Trinajstić information content (AvgIpc) is 2.53. The Morgan fingerprint density at radius 1 is 1.16 bits per heavy atom. The molecule has 0 heterocycles. The number of nitrogens with one attached hydrogen (secondary N) is 1. The van der Waals surface area contributed by atoms with Crippen molar-refractivity contribution in [3.05, 3.63) is 54.3 Å². The van der Waals surface area contributed by atoms with Crippen LogP contribution in [0.3, 0.4) is 0 Å². The number of hydrogen-bond acceptors (Lipinski definition) is 3. The molecular formula is C19H18FNO4. The summed E-state index contributed by atoms with van der Waals surface area (Å²) < 4.78 is 19.1. The molecule has 0 bridgehead atoms. The minimum absolute atomic E-state index is 0.0731. The lowest BCUT2D eigenvalue weighted by atomic mass is 9.73. The van der Waals surface area contributed by atoms with Crippen molar-refractivity contribution in [2.75, 3.05) is 5.32 Å². The second-order valence-corrected chi connectivity index (χ2v) is 6.18. The first-order chi connectivity index (χ1) is 12.0. The molecule has 0 unspecified atom stereocenters. The van der Waals surface area contributed by atoms with Gasteiger partial charge < -0.3 is 15.2 Å². The zero-order valence-corrected chi connectivity index (χ0v) is 13.4. The lowest BCUT2D eigenvalue weighted by Crippen LogP contribution is -2.35. The van der Waals surface area contributed by atoms with E-state index in [0.717, 1.165) is 0 Å². The Kier molecular flexibility index (Phi) is 4.97. The Balaban J connectivity index is 1.58. The molecule has 6 heteroatoms. The fraction of sp³-hybridized carbons (Fsp3) is 0.263. The Bertz CT molecular complexity index is 786. The van der Waals surface area contributed by atoms with Crippen molar-refractivity contribution in [2.24, 2.45) is 11.8 Å². The Labute approximate surface area is 144 Å². The van der Waals surface area contributed by atoms with Gasteiger partial charge in [-0.25, -0.2) is 4.39 Å². The van der Waals surface area contributed by atoms with Gasteiger partial charge in [0, 0.05) is 24.1 Å². The first-order valence-corrected chi connectivity index (χ1v) is 8.06. The van der Waals surface area contributed by atoms with E-state index in [4.69, 9.17) is 9.84 Å². The molecule has 0 atom stereocenters. The van der Waals surface area contributed by atoms with E-state index in [-0.39, 0.29) is 29.9 Å². The van der Waals surface area contributed by atoms with Crippen LogP contribution in [0.5, 0.6) is 11.5 Å². The highest BCUT2D eigenvalue weighted by Gasteiger charge is 2.35. The summed E-state index contributed by atoms with van der Waals surface area (Å²) in [7, 11) is 0. The number of carboxylic acid groups (broad SMARTS) is 1. The van der Waals surface area contributed by atoms with Gasteiger partial charge in [-0.15, -0.1) is 0 Å². The maximum atomic E-state index is 13.6. The highest BCUT2D eigenvalue weighted by Crippen LogP contribution is 2.37. The summed E-state index contributed by atoms with van der Waals surface area (Å²) >= 11 is 0. The molecule has 0 saturated heterocycles. The monoisotopic (exact) mass is 343 g/mol. The predicted molar refractivity (Wildman–Crippen MR) is 90.0 cm³/mol. The molecule has 1 saturated carbocycles. The SMILES string of the molecule is O=C(O)CC1CC(C(=O)Nc2cccc(Oc3ccccc3F)c2)C1. The fourth-order valence-corrected chi connectivity index (χ4v) is 2.90. The molecule has 0 aliphatic heterocycles. The van der Waals surface area contributed by atoms with Gasteiger partial charge in [-0.1, -0.05) is 18.2 Å². The number of halogens is 1. The highest BCUT2D eigenvalue weighted by molar-refractivity contribution is 5.93. The van der Waals surface area contributed by atoms with Crippen LogP contribution >= 0.6 is 0 Å². The average molecular weight is 343 g/mol. The van der Waals surface area contributed by atoms with Crippen LogP contribution in [0.1, 0.15) is 19.3 Å². The van der Waals surface area contributed by atoms with Gasteiger partial charge in [-0.05, 0) is 43.0 Å². The summed E-state index contributed by atoms with van der Waals surface area (Å²) in [5.41, 5.74) is 0.556. The summed E-state index contributed by atoms with van der Waals surface area (Å²) in [6.45, 7) is 0. The molecule has 25 heavy (non-hydrogen) atoms. The number of hydrogen-bond donors (Lipinski definition) is 2. The maximum Gasteiger partial charge on any atom is 0.303 e. The van der Waals surface area contributed by atoms with Crippen molar-refractivity contribution < 1.29 is 23.8 Å². The maximum absolute atomic E-state index is 13.6. The summed E-state index contributed by atoms with van der Waals surface area (Å²) in [6, 6.07) is 12.8. The van der Waals surface area contributed by atoms with Gasteiger partial charge in [-0.3, -0.25) is 9.59 Å². The molecule has 2 N–H and O–H groups in total. The molecule has 1 amide bonds. The van der Waals surface area contributed by atoms with Gasteiger partial charge in [-0.2, -0.15) is 0 Å². The Hall–Kier alpha value is -2.89. The van der Waals surface area contributed by atoms with Gasteiger partial charge in [0.25, 0.3) is 0 Å². The molecule has 1 aliphatic rings. The molecular weight excluding hydrogens is 325 g/mol. The van der Waals surface area contributed by atoms with E-state index in [0.29, 0.717) is 24.3 Å². The third kappa shape index (κ3) is 4.35. The van der Waals surface area contributed by atoms with Crippen LogP contribution in [-0.2, 0) is 9.59 Å². The van der Waals surface area contributed by atoms with Crippen LogP contribution in [-0.4, -0.2) is 17.0 Å². The topological polar surface area (TPSA) is 75.6 Å². The Morgan fingerprint density at radius 2 is 1.92 bits per heavy atom. The second kappa shape index (κ2) is 7.34. The molecule has 2 aromatic carbocycles. The minimum Gasteiger partial charge on any atom is -0.481 e. The van der Waals surface area contributed by atoms with Crippen LogP contribution in [0.2, 0.25) is 0 Å². The molecule has 130 valence electrons. The number of amides is 1. The fourth-order valence-electron chi connectivity index (χ4n) is 2.90. The van der Waals surface area contributed by atoms with E-state index in [1.807, 2.05) is 0 Å². The second-order valence-electron chi connectivity index (χ2n) is 6.18. The van der Waals surface area contributed by atoms with Gasteiger partial charge in [0.05, 0.1) is 0 Å². The third-order valence-electron chi connectivity index (χ3n) is 4.24. The standard InChI is InChI=1S/C19H18FNO4/c20-16-6-1-2-7-17(16)25-15-5-3-4-14(11-15)21-19(24)13-8-12(9-13)10-18(22)23/h1-7,11-13H,8-10H2,(H,21,24)(H,22,23). The largest absolute Gasteiger partial charge is 0.481 e. The van der Waals surface area contributed by atoms with Crippen molar-refractivity contribution in [1.29, 1.82) is 0 Å². The van der Waals surface area contributed by atoms with E-state index >= 15 is 0 Å². The number of anilines is 1. The summed E-state index contributed by atoms with van der Waals surface area (Å²) in [5.74, 6) is -0.992. The van der Waals surface area contributed by atoms with Crippen molar-refractivity contribution in [3.8, 4) is 11.5 Å². The molecule has 5 nitrogen and oxygen atoms in total. The highest BCUT2D eigenvalue weighted by atomic mass is 19.1. The first kappa shape index (κ1) is 17.0. The van der Waals surface area contributed by atoms with E-state index in [2.05, 4.69) is 5.32 Å². The molecule has 3 rings (SSSR count). The minimum atomic E-state index is -0.832. The van der Waals surface area contributed by atoms with Crippen LogP contribution in [0.4, 0.5) is 10.1 Å². The molecule has 0 aromatic heterocycles. The quantitative estimate of drug-likeness (QED) is 0.829.